The van der Waals surface area contributed by atoms with Crippen molar-refractivity contribution < 1.29 is 9.18 Å². The SMILES string of the molecule is Cc1nn(C)c(C)c1NC(=O)[C@H](C)Sc1nnc(NCc2ccc(F)cc2)s1. The van der Waals surface area contributed by atoms with E-state index in [0.29, 0.717) is 16.0 Å². The molecule has 1 aromatic carbocycles. The number of benzene rings is 1. The highest BCUT2D eigenvalue weighted by Gasteiger charge is 2.20. The van der Waals surface area contributed by atoms with E-state index in [9.17, 15) is 9.18 Å². The van der Waals surface area contributed by atoms with Crippen LogP contribution < -0.4 is 10.6 Å². The highest BCUT2D eigenvalue weighted by Crippen LogP contribution is 2.30. The van der Waals surface area contributed by atoms with Gasteiger partial charge in [0.2, 0.25) is 11.0 Å². The van der Waals surface area contributed by atoms with Crippen LogP contribution in [0.1, 0.15) is 23.9 Å². The number of carbonyl (C=O) groups excluding carboxylic acids is 1. The van der Waals surface area contributed by atoms with E-state index < -0.39 is 0 Å². The van der Waals surface area contributed by atoms with Crippen LogP contribution in [0, 0.1) is 19.7 Å². The van der Waals surface area contributed by atoms with Gasteiger partial charge in [-0.25, -0.2) is 4.39 Å². The second-order valence-corrected chi connectivity index (χ2v) is 8.84. The van der Waals surface area contributed by atoms with Gasteiger partial charge in [0, 0.05) is 13.6 Å². The summed E-state index contributed by atoms with van der Waals surface area (Å²) in [7, 11) is 1.85. The van der Waals surface area contributed by atoms with Crippen LogP contribution >= 0.6 is 23.1 Å². The Hall–Kier alpha value is -2.46. The number of aryl methyl sites for hydroxylation is 2. The first-order chi connectivity index (χ1) is 13.3. The number of carbonyl (C=O) groups is 1. The summed E-state index contributed by atoms with van der Waals surface area (Å²) in [6.07, 6.45) is 0. The van der Waals surface area contributed by atoms with Crippen molar-refractivity contribution in [3.63, 3.8) is 0 Å². The summed E-state index contributed by atoms with van der Waals surface area (Å²) in [6, 6.07) is 6.27. The minimum absolute atomic E-state index is 0.111. The van der Waals surface area contributed by atoms with Gasteiger partial charge in [0.05, 0.1) is 22.3 Å². The van der Waals surface area contributed by atoms with E-state index in [2.05, 4.69) is 25.9 Å². The number of halogens is 1. The average Bonchev–Trinajstić information content (AvgIpc) is 3.20. The molecule has 3 rings (SSSR count). The molecular weight excluding hydrogens is 399 g/mol. The minimum Gasteiger partial charge on any atom is -0.356 e. The summed E-state index contributed by atoms with van der Waals surface area (Å²) in [4.78, 5) is 12.5. The highest BCUT2D eigenvalue weighted by molar-refractivity contribution is 8.02. The summed E-state index contributed by atoms with van der Waals surface area (Å²) in [6.45, 7) is 6.13. The molecule has 28 heavy (non-hydrogen) atoms. The second-order valence-electron chi connectivity index (χ2n) is 6.27. The van der Waals surface area contributed by atoms with Crippen molar-refractivity contribution in [2.45, 2.75) is 36.9 Å². The second kappa shape index (κ2) is 8.70. The molecule has 0 unspecified atom stereocenters. The highest BCUT2D eigenvalue weighted by atomic mass is 32.2. The molecule has 1 amide bonds. The van der Waals surface area contributed by atoms with Crippen molar-refractivity contribution >= 4 is 39.8 Å². The number of amides is 1. The Balaban J connectivity index is 1.55. The maximum Gasteiger partial charge on any atom is 0.237 e. The summed E-state index contributed by atoms with van der Waals surface area (Å²) >= 11 is 2.73. The van der Waals surface area contributed by atoms with Gasteiger partial charge in [-0.05, 0) is 38.5 Å². The lowest BCUT2D eigenvalue weighted by atomic mass is 10.2. The van der Waals surface area contributed by atoms with E-state index in [1.165, 1.54) is 35.2 Å². The Bertz CT molecular complexity index is 969. The van der Waals surface area contributed by atoms with Gasteiger partial charge in [-0.3, -0.25) is 9.48 Å². The monoisotopic (exact) mass is 420 g/mol. The Morgan fingerprint density at radius 1 is 1.29 bits per heavy atom. The van der Waals surface area contributed by atoms with Gasteiger partial charge in [0.25, 0.3) is 0 Å². The molecule has 0 aliphatic heterocycles. The van der Waals surface area contributed by atoms with E-state index in [0.717, 1.165) is 22.6 Å². The number of aromatic nitrogens is 4. The van der Waals surface area contributed by atoms with E-state index in [-0.39, 0.29) is 17.0 Å². The van der Waals surface area contributed by atoms with Crippen LogP contribution in [0.3, 0.4) is 0 Å². The zero-order valence-corrected chi connectivity index (χ0v) is 17.6. The first-order valence-electron chi connectivity index (χ1n) is 8.63. The number of hydrogen-bond donors (Lipinski definition) is 2. The summed E-state index contributed by atoms with van der Waals surface area (Å²) < 4.78 is 15.4. The first-order valence-corrected chi connectivity index (χ1v) is 10.3. The number of thioether (sulfide) groups is 1. The van der Waals surface area contributed by atoms with Crippen molar-refractivity contribution in [3.05, 3.63) is 47.0 Å². The third-order valence-corrected chi connectivity index (χ3v) is 6.23. The topological polar surface area (TPSA) is 84.7 Å². The zero-order chi connectivity index (χ0) is 20.3. The number of hydrogen-bond acceptors (Lipinski definition) is 7. The minimum atomic E-state index is -0.336. The molecule has 3 aromatic rings. The Morgan fingerprint density at radius 2 is 2.00 bits per heavy atom. The van der Waals surface area contributed by atoms with Crippen LogP contribution in [0.15, 0.2) is 28.6 Å². The fraction of sp³-hybridized carbons (Fsp3) is 0.333. The predicted octanol–water partition coefficient (Wildman–Crippen LogP) is 3.76. The van der Waals surface area contributed by atoms with Gasteiger partial charge >= 0.3 is 0 Å². The molecule has 0 radical (unpaired) electrons. The molecule has 1 atom stereocenters. The lowest BCUT2D eigenvalue weighted by Crippen LogP contribution is -2.23. The Labute approximate surface area is 170 Å². The fourth-order valence-corrected chi connectivity index (χ4v) is 4.38. The van der Waals surface area contributed by atoms with E-state index >= 15 is 0 Å². The van der Waals surface area contributed by atoms with Gasteiger partial charge in [-0.2, -0.15) is 5.10 Å². The van der Waals surface area contributed by atoms with Crippen LogP contribution in [-0.4, -0.2) is 31.1 Å². The maximum atomic E-state index is 12.9. The molecule has 2 heterocycles. The molecule has 0 aliphatic rings. The van der Waals surface area contributed by atoms with Crippen molar-refractivity contribution in [2.75, 3.05) is 10.6 Å². The fourth-order valence-electron chi connectivity index (χ4n) is 2.49. The van der Waals surface area contributed by atoms with Gasteiger partial charge in [-0.15, -0.1) is 10.2 Å². The smallest absolute Gasteiger partial charge is 0.237 e. The largest absolute Gasteiger partial charge is 0.356 e. The molecular formula is C18H21FN6OS2. The van der Waals surface area contributed by atoms with Crippen LogP contribution in [0.5, 0.6) is 0 Å². The van der Waals surface area contributed by atoms with Crippen LogP contribution in [0.4, 0.5) is 15.2 Å². The predicted molar refractivity (Wildman–Crippen MR) is 110 cm³/mol. The van der Waals surface area contributed by atoms with Gasteiger partial charge in [-0.1, -0.05) is 35.2 Å². The van der Waals surface area contributed by atoms with Gasteiger partial charge < -0.3 is 10.6 Å². The molecule has 0 saturated heterocycles. The van der Waals surface area contributed by atoms with Crippen molar-refractivity contribution in [2.24, 2.45) is 7.05 Å². The van der Waals surface area contributed by atoms with E-state index in [1.807, 2.05) is 27.8 Å². The van der Waals surface area contributed by atoms with Crippen LogP contribution in [-0.2, 0) is 18.4 Å². The summed E-state index contributed by atoms with van der Waals surface area (Å²) in [5.41, 5.74) is 3.39. The van der Waals surface area contributed by atoms with Crippen molar-refractivity contribution in [3.8, 4) is 0 Å². The third kappa shape index (κ3) is 4.87. The van der Waals surface area contributed by atoms with E-state index in [1.54, 1.807) is 16.8 Å². The number of nitrogens with zero attached hydrogens (tertiary/aromatic N) is 4. The number of anilines is 2. The lowest BCUT2D eigenvalue weighted by molar-refractivity contribution is -0.115. The van der Waals surface area contributed by atoms with Crippen LogP contribution in [0.25, 0.3) is 0 Å². The van der Waals surface area contributed by atoms with Gasteiger partial charge in [0.15, 0.2) is 4.34 Å². The maximum absolute atomic E-state index is 12.9. The Kier molecular flexibility index (Phi) is 6.30. The molecule has 0 saturated carbocycles. The molecule has 0 bridgehead atoms. The average molecular weight is 421 g/mol. The van der Waals surface area contributed by atoms with Gasteiger partial charge in [0.1, 0.15) is 5.82 Å². The quantitative estimate of drug-likeness (QED) is 0.566. The van der Waals surface area contributed by atoms with E-state index in [4.69, 9.17) is 0 Å². The van der Waals surface area contributed by atoms with Crippen molar-refractivity contribution in [1.29, 1.82) is 0 Å². The standard InChI is InChI=1S/C18H21FN6OS2/c1-10-15(11(2)25(4)24-10)21-16(26)12(3)27-18-23-22-17(28-18)20-9-13-5-7-14(19)8-6-13/h5-8,12H,9H2,1-4H3,(H,20,22)(H,21,26)/t12-/m0/s1. The molecule has 7 nitrogen and oxygen atoms in total. The molecule has 2 aromatic heterocycles. The molecule has 10 heteroatoms. The van der Waals surface area contributed by atoms with Crippen molar-refractivity contribution in [1.82, 2.24) is 20.0 Å². The van der Waals surface area contributed by atoms with Crippen LogP contribution in [0.2, 0.25) is 0 Å². The normalized spacial score (nSPS) is 12.0. The molecule has 0 aliphatic carbocycles. The molecule has 2 N–H and O–H groups in total. The molecule has 148 valence electrons. The zero-order valence-electron chi connectivity index (χ0n) is 16.0. The molecule has 0 spiro atoms. The first kappa shape index (κ1) is 20.3. The summed E-state index contributed by atoms with van der Waals surface area (Å²) in [5, 5.41) is 18.9. The number of rotatable bonds is 7. The third-order valence-electron chi connectivity index (χ3n) is 4.17. The number of nitrogens with one attached hydrogen (secondary N) is 2. The molecule has 0 fully saturated rings. The summed E-state index contributed by atoms with van der Waals surface area (Å²) in [5.74, 6) is -0.373. The Morgan fingerprint density at radius 3 is 2.64 bits per heavy atom. The lowest BCUT2D eigenvalue weighted by Gasteiger charge is -2.10.